The number of aromatic nitrogens is 2. The van der Waals surface area contributed by atoms with Crippen molar-refractivity contribution in [1.29, 1.82) is 0 Å². The molecule has 0 radical (unpaired) electrons. The van der Waals surface area contributed by atoms with Gasteiger partial charge in [0.05, 0.1) is 6.54 Å². The molecule has 3 heterocycles. The molecule has 0 spiro atoms. The summed E-state index contributed by atoms with van der Waals surface area (Å²) in [4.78, 5) is 6.56. The van der Waals surface area contributed by atoms with Gasteiger partial charge in [0.1, 0.15) is 0 Å². The second kappa shape index (κ2) is 5.14. The molecule has 2 unspecified atom stereocenters. The molecule has 2 aliphatic rings. The Bertz CT molecular complexity index is 334. The smallest absolute Gasteiger partial charge is 0.213 e. The van der Waals surface area contributed by atoms with E-state index in [1.165, 1.54) is 45.2 Å². The summed E-state index contributed by atoms with van der Waals surface area (Å²) in [6, 6.07) is 0.739. The highest BCUT2D eigenvalue weighted by Gasteiger charge is 2.29. The van der Waals surface area contributed by atoms with Crippen LogP contribution >= 0.6 is 0 Å². The zero-order valence-corrected chi connectivity index (χ0v) is 10.1. The molecule has 2 fully saturated rings. The third kappa shape index (κ3) is 2.66. The summed E-state index contributed by atoms with van der Waals surface area (Å²) in [7, 11) is 0. The van der Waals surface area contributed by atoms with Crippen molar-refractivity contribution in [2.45, 2.75) is 38.3 Å². The summed E-state index contributed by atoms with van der Waals surface area (Å²) < 4.78 is 4.78. The van der Waals surface area contributed by atoms with Crippen molar-refractivity contribution in [1.82, 2.24) is 20.4 Å². The number of piperidine rings is 1. The SMILES string of the molecule is c1nc(CN2CCCC(C3CCCN3)C2)no1. The second-order valence-electron chi connectivity index (χ2n) is 5.19. The molecule has 0 aliphatic carbocycles. The molecule has 0 aromatic carbocycles. The van der Waals surface area contributed by atoms with Gasteiger partial charge in [0.2, 0.25) is 6.39 Å². The third-order valence-corrected chi connectivity index (χ3v) is 3.98. The zero-order chi connectivity index (χ0) is 11.5. The maximum absolute atomic E-state index is 4.78. The van der Waals surface area contributed by atoms with Gasteiger partial charge in [-0.05, 0) is 44.7 Å². The molecule has 2 saturated heterocycles. The van der Waals surface area contributed by atoms with Gasteiger partial charge in [0, 0.05) is 12.6 Å². The summed E-state index contributed by atoms with van der Waals surface area (Å²) in [6.45, 7) is 4.37. The van der Waals surface area contributed by atoms with E-state index in [2.05, 4.69) is 20.4 Å². The molecule has 1 N–H and O–H groups in total. The summed E-state index contributed by atoms with van der Waals surface area (Å²) in [5.41, 5.74) is 0. The Morgan fingerprint density at radius 3 is 3.18 bits per heavy atom. The van der Waals surface area contributed by atoms with Crippen LogP contribution < -0.4 is 5.32 Å². The molecule has 2 atom stereocenters. The van der Waals surface area contributed by atoms with Crippen molar-refractivity contribution in [3.63, 3.8) is 0 Å². The first-order valence-corrected chi connectivity index (χ1v) is 6.63. The molecule has 5 heteroatoms. The van der Waals surface area contributed by atoms with Gasteiger partial charge < -0.3 is 9.84 Å². The summed E-state index contributed by atoms with van der Waals surface area (Å²) in [6.07, 6.45) is 6.75. The predicted octanol–water partition coefficient (Wildman–Crippen LogP) is 1.03. The normalized spacial score (nSPS) is 30.8. The van der Waals surface area contributed by atoms with Crippen molar-refractivity contribution < 1.29 is 4.52 Å². The fourth-order valence-corrected chi connectivity index (χ4v) is 3.14. The number of nitrogens with zero attached hydrogens (tertiary/aromatic N) is 3. The average molecular weight is 236 g/mol. The van der Waals surface area contributed by atoms with Gasteiger partial charge in [-0.25, -0.2) is 0 Å². The molecule has 0 amide bonds. The number of nitrogens with one attached hydrogen (secondary N) is 1. The van der Waals surface area contributed by atoms with Crippen LogP contribution in [0, 0.1) is 5.92 Å². The van der Waals surface area contributed by atoms with E-state index in [1.54, 1.807) is 0 Å². The molecular weight excluding hydrogens is 216 g/mol. The highest BCUT2D eigenvalue weighted by Crippen LogP contribution is 2.25. The van der Waals surface area contributed by atoms with E-state index in [9.17, 15) is 0 Å². The summed E-state index contributed by atoms with van der Waals surface area (Å²) in [5.74, 6) is 1.61. The topological polar surface area (TPSA) is 54.2 Å². The highest BCUT2D eigenvalue weighted by atomic mass is 16.5. The van der Waals surface area contributed by atoms with E-state index in [-0.39, 0.29) is 0 Å². The van der Waals surface area contributed by atoms with Gasteiger partial charge >= 0.3 is 0 Å². The molecule has 5 nitrogen and oxygen atoms in total. The quantitative estimate of drug-likeness (QED) is 0.849. The number of hydrogen-bond donors (Lipinski definition) is 1. The minimum absolute atomic E-state index is 0.739. The standard InChI is InChI=1S/C12H20N4O/c1-4-11(13-5-1)10-3-2-6-16(7-10)8-12-14-9-17-15-12/h9-11,13H,1-8H2. The van der Waals surface area contributed by atoms with Crippen LogP contribution in [0.4, 0.5) is 0 Å². The largest absolute Gasteiger partial charge is 0.343 e. The lowest BCUT2D eigenvalue weighted by Crippen LogP contribution is -2.43. The predicted molar refractivity (Wildman–Crippen MR) is 63.3 cm³/mol. The molecule has 94 valence electrons. The number of rotatable bonds is 3. The van der Waals surface area contributed by atoms with Crippen molar-refractivity contribution in [3.05, 3.63) is 12.2 Å². The Hall–Kier alpha value is -0.940. The first-order valence-electron chi connectivity index (χ1n) is 6.63. The van der Waals surface area contributed by atoms with Crippen molar-refractivity contribution in [2.75, 3.05) is 19.6 Å². The van der Waals surface area contributed by atoms with Crippen molar-refractivity contribution in [2.24, 2.45) is 5.92 Å². The molecule has 2 aliphatic heterocycles. The Morgan fingerprint density at radius 1 is 1.41 bits per heavy atom. The van der Waals surface area contributed by atoms with Crippen LogP contribution in [0.25, 0.3) is 0 Å². The summed E-state index contributed by atoms with van der Waals surface area (Å²) >= 11 is 0. The lowest BCUT2D eigenvalue weighted by atomic mass is 9.90. The van der Waals surface area contributed by atoms with E-state index in [4.69, 9.17) is 4.52 Å². The molecule has 17 heavy (non-hydrogen) atoms. The molecule has 0 bridgehead atoms. The fourth-order valence-electron chi connectivity index (χ4n) is 3.14. The van der Waals surface area contributed by atoms with Crippen molar-refractivity contribution in [3.8, 4) is 0 Å². The minimum atomic E-state index is 0.739. The Labute approximate surface area is 102 Å². The first-order chi connectivity index (χ1) is 8.42. The van der Waals surface area contributed by atoms with Gasteiger partial charge in [-0.3, -0.25) is 4.90 Å². The first kappa shape index (κ1) is 11.2. The third-order valence-electron chi connectivity index (χ3n) is 3.98. The van der Waals surface area contributed by atoms with Crippen LogP contribution in [-0.2, 0) is 6.54 Å². The van der Waals surface area contributed by atoms with Gasteiger partial charge in [-0.1, -0.05) is 5.16 Å². The van der Waals surface area contributed by atoms with Gasteiger partial charge in [-0.15, -0.1) is 0 Å². The molecule has 3 rings (SSSR count). The van der Waals surface area contributed by atoms with Crippen LogP contribution in [0.15, 0.2) is 10.9 Å². The van der Waals surface area contributed by atoms with Crippen LogP contribution in [0.3, 0.4) is 0 Å². The second-order valence-corrected chi connectivity index (χ2v) is 5.19. The van der Waals surface area contributed by atoms with Crippen LogP contribution in [0.2, 0.25) is 0 Å². The van der Waals surface area contributed by atoms with Crippen LogP contribution in [-0.4, -0.2) is 40.7 Å². The zero-order valence-electron chi connectivity index (χ0n) is 10.1. The molecule has 1 aromatic heterocycles. The molecule has 0 saturated carbocycles. The number of likely N-dealkylation sites (tertiary alicyclic amines) is 1. The monoisotopic (exact) mass is 236 g/mol. The molecular formula is C12H20N4O. The van der Waals surface area contributed by atoms with Crippen LogP contribution in [0.5, 0.6) is 0 Å². The maximum Gasteiger partial charge on any atom is 0.213 e. The lowest BCUT2D eigenvalue weighted by molar-refractivity contribution is 0.141. The summed E-state index contributed by atoms with van der Waals surface area (Å²) in [5, 5.41) is 7.52. The van der Waals surface area contributed by atoms with Gasteiger partial charge in [0.25, 0.3) is 0 Å². The Morgan fingerprint density at radius 2 is 2.41 bits per heavy atom. The fraction of sp³-hybridized carbons (Fsp3) is 0.833. The Kier molecular flexibility index (Phi) is 3.38. The van der Waals surface area contributed by atoms with E-state index in [0.29, 0.717) is 0 Å². The van der Waals surface area contributed by atoms with Crippen LogP contribution in [0.1, 0.15) is 31.5 Å². The average Bonchev–Trinajstić information content (AvgIpc) is 3.01. The minimum Gasteiger partial charge on any atom is -0.343 e. The highest BCUT2D eigenvalue weighted by molar-refractivity contribution is 4.88. The van der Waals surface area contributed by atoms with E-state index in [0.717, 1.165) is 30.9 Å². The Balaban J connectivity index is 1.55. The van der Waals surface area contributed by atoms with Gasteiger partial charge in [-0.2, -0.15) is 4.98 Å². The van der Waals surface area contributed by atoms with Crippen molar-refractivity contribution >= 4 is 0 Å². The van der Waals surface area contributed by atoms with E-state index >= 15 is 0 Å². The number of hydrogen-bond acceptors (Lipinski definition) is 5. The lowest BCUT2D eigenvalue weighted by Gasteiger charge is -2.35. The molecule has 1 aromatic rings. The maximum atomic E-state index is 4.78. The van der Waals surface area contributed by atoms with Gasteiger partial charge in [0.15, 0.2) is 5.82 Å². The van der Waals surface area contributed by atoms with E-state index < -0.39 is 0 Å². The van der Waals surface area contributed by atoms with E-state index in [1.807, 2.05) is 0 Å².